The lowest BCUT2D eigenvalue weighted by molar-refractivity contribution is 0.411. The molecule has 2 nitrogen and oxygen atoms in total. The van der Waals surface area contributed by atoms with E-state index in [9.17, 15) is 0 Å². The van der Waals surface area contributed by atoms with Gasteiger partial charge in [-0.05, 0) is 32.6 Å². The van der Waals surface area contributed by atoms with Crippen LogP contribution in [0.1, 0.15) is 71.1 Å². The first-order chi connectivity index (χ1) is 11.7. The van der Waals surface area contributed by atoms with Crippen molar-refractivity contribution in [1.29, 1.82) is 0 Å². The molecule has 0 fully saturated rings. The van der Waals surface area contributed by atoms with Crippen LogP contribution in [0.25, 0.3) is 0 Å². The van der Waals surface area contributed by atoms with Gasteiger partial charge in [0.25, 0.3) is 0 Å². The highest BCUT2D eigenvalue weighted by atomic mass is 15.2. The maximum atomic E-state index is 2.55. The number of rotatable bonds is 15. The molecule has 2 heteroatoms. The standard InChI is InChI=1S/C22H40N2/c1-4-5-6-7-8-9-10-11-12-16-19-24(21-20-23(2)3)22-17-14-13-15-18-22/h13-15,17-18H,4-12,16,19-21H2,1-3H3. The third-order valence-electron chi connectivity index (χ3n) is 4.72. The van der Waals surface area contributed by atoms with E-state index in [1.54, 1.807) is 0 Å². The molecular formula is C22H40N2. The van der Waals surface area contributed by atoms with Crippen LogP contribution in [0, 0.1) is 0 Å². The quantitative estimate of drug-likeness (QED) is 0.365. The van der Waals surface area contributed by atoms with E-state index in [0.29, 0.717) is 0 Å². The first-order valence-corrected chi connectivity index (χ1v) is 10.2. The Morgan fingerprint density at radius 3 is 1.71 bits per heavy atom. The smallest absolute Gasteiger partial charge is 0.0366 e. The lowest BCUT2D eigenvalue weighted by atomic mass is 10.1. The van der Waals surface area contributed by atoms with Crippen LogP contribution in [-0.2, 0) is 0 Å². The second-order valence-electron chi connectivity index (χ2n) is 7.31. The van der Waals surface area contributed by atoms with Crippen LogP contribution in [0.4, 0.5) is 5.69 Å². The van der Waals surface area contributed by atoms with Crippen LogP contribution in [0.15, 0.2) is 30.3 Å². The lowest BCUT2D eigenvalue weighted by Gasteiger charge is -2.26. The minimum atomic E-state index is 1.12. The molecular weight excluding hydrogens is 292 g/mol. The topological polar surface area (TPSA) is 6.48 Å². The van der Waals surface area contributed by atoms with Gasteiger partial charge in [-0.25, -0.2) is 0 Å². The molecule has 0 aromatic heterocycles. The van der Waals surface area contributed by atoms with Crippen LogP contribution >= 0.6 is 0 Å². The first-order valence-electron chi connectivity index (χ1n) is 10.2. The van der Waals surface area contributed by atoms with E-state index in [1.807, 2.05) is 0 Å². The van der Waals surface area contributed by atoms with Crippen molar-refractivity contribution in [2.45, 2.75) is 71.1 Å². The van der Waals surface area contributed by atoms with Gasteiger partial charge in [-0.3, -0.25) is 0 Å². The summed E-state index contributed by atoms with van der Waals surface area (Å²) in [6.45, 7) is 5.72. The van der Waals surface area contributed by atoms with Gasteiger partial charge in [0.15, 0.2) is 0 Å². The lowest BCUT2D eigenvalue weighted by Crippen LogP contribution is -2.32. The molecule has 0 atom stereocenters. The predicted octanol–water partition coefficient (Wildman–Crippen LogP) is 5.98. The zero-order valence-electron chi connectivity index (χ0n) is 16.5. The normalized spacial score (nSPS) is 11.2. The molecule has 24 heavy (non-hydrogen) atoms. The fourth-order valence-corrected chi connectivity index (χ4v) is 3.12. The molecule has 0 bridgehead atoms. The van der Waals surface area contributed by atoms with Crippen molar-refractivity contribution in [1.82, 2.24) is 4.90 Å². The van der Waals surface area contributed by atoms with Crippen molar-refractivity contribution in [3.8, 4) is 0 Å². The molecule has 0 spiro atoms. The maximum absolute atomic E-state index is 2.55. The van der Waals surface area contributed by atoms with Crippen molar-refractivity contribution < 1.29 is 0 Å². The zero-order valence-corrected chi connectivity index (χ0v) is 16.5. The minimum absolute atomic E-state index is 1.12. The van der Waals surface area contributed by atoms with E-state index in [2.05, 4.69) is 61.2 Å². The van der Waals surface area contributed by atoms with Gasteiger partial charge in [-0.1, -0.05) is 82.9 Å². The molecule has 1 aromatic rings. The highest BCUT2D eigenvalue weighted by molar-refractivity contribution is 5.45. The number of likely N-dealkylation sites (N-methyl/N-ethyl adjacent to an activating group) is 1. The molecule has 0 N–H and O–H groups in total. The zero-order chi connectivity index (χ0) is 17.5. The molecule has 1 rings (SSSR count). The van der Waals surface area contributed by atoms with Gasteiger partial charge < -0.3 is 9.80 Å². The van der Waals surface area contributed by atoms with Gasteiger partial charge in [-0.2, -0.15) is 0 Å². The minimum Gasteiger partial charge on any atom is -0.370 e. The molecule has 0 saturated carbocycles. The Labute approximate surface area is 151 Å². The maximum Gasteiger partial charge on any atom is 0.0366 e. The molecule has 0 aliphatic heterocycles. The van der Waals surface area contributed by atoms with Gasteiger partial charge in [0.2, 0.25) is 0 Å². The molecule has 0 heterocycles. The fourth-order valence-electron chi connectivity index (χ4n) is 3.12. The third-order valence-corrected chi connectivity index (χ3v) is 4.72. The molecule has 0 unspecified atom stereocenters. The van der Waals surface area contributed by atoms with Crippen LogP contribution in [0.5, 0.6) is 0 Å². The number of benzene rings is 1. The van der Waals surface area contributed by atoms with E-state index in [4.69, 9.17) is 0 Å². The Morgan fingerprint density at radius 1 is 0.625 bits per heavy atom. The average molecular weight is 333 g/mol. The molecule has 0 aliphatic carbocycles. The van der Waals surface area contributed by atoms with Gasteiger partial charge in [0.05, 0.1) is 0 Å². The second-order valence-corrected chi connectivity index (χ2v) is 7.31. The highest BCUT2D eigenvalue weighted by Crippen LogP contribution is 2.15. The molecule has 0 amide bonds. The van der Waals surface area contributed by atoms with Crippen molar-refractivity contribution in [2.75, 3.05) is 38.6 Å². The predicted molar refractivity (Wildman–Crippen MR) is 109 cm³/mol. The van der Waals surface area contributed by atoms with E-state index >= 15 is 0 Å². The van der Waals surface area contributed by atoms with Crippen LogP contribution in [0.2, 0.25) is 0 Å². The summed E-state index contributed by atoms with van der Waals surface area (Å²) >= 11 is 0. The number of nitrogens with zero attached hydrogens (tertiary/aromatic N) is 2. The molecule has 0 saturated heterocycles. The summed E-state index contributed by atoms with van der Waals surface area (Å²) < 4.78 is 0. The molecule has 0 radical (unpaired) electrons. The highest BCUT2D eigenvalue weighted by Gasteiger charge is 2.06. The number of hydrogen-bond acceptors (Lipinski definition) is 2. The number of para-hydroxylation sites is 1. The van der Waals surface area contributed by atoms with Gasteiger partial charge in [0.1, 0.15) is 0 Å². The van der Waals surface area contributed by atoms with Crippen LogP contribution in [0.3, 0.4) is 0 Å². The molecule has 0 aliphatic rings. The third kappa shape index (κ3) is 10.7. The van der Waals surface area contributed by atoms with E-state index in [-0.39, 0.29) is 0 Å². The Hall–Kier alpha value is -1.02. The number of hydrogen-bond donors (Lipinski definition) is 0. The van der Waals surface area contributed by atoms with Crippen molar-refractivity contribution in [3.05, 3.63) is 30.3 Å². The van der Waals surface area contributed by atoms with Crippen molar-refractivity contribution in [3.63, 3.8) is 0 Å². The summed E-state index contributed by atoms with van der Waals surface area (Å²) in [6.07, 6.45) is 14.1. The van der Waals surface area contributed by atoms with Crippen LogP contribution < -0.4 is 4.90 Å². The molecule has 1 aromatic carbocycles. The first kappa shape index (κ1) is 21.0. The Balaban J connectivity index is 2.14. The summed E-state index contributed by atoms with van der Waals surface area (Å²) in [4.78, 5) is 4.82. The summed E-state index contributed by atoms with van der Waals surface area (Å²) in [5.74, 6) is 0. The summed E-state index contributed by atoms with van der Waals surface area (Å²) in [6, 6.07) is 10.9. The Bertz CT molecular complexity index is 375. The summed E-state index contributed by atoms with van der Waals surface area (Å²) in [7, 11) is 4.31. The SMILES string of the molecule is CCCCCCCCCCCCN(CCN(C)C)c1ccccc1. The largest absolute Gasteiger partial charge is 0.370 e. The van der Waals surface area contributed by atoms with E-state index < -0.39 is 0 Å². The van der Waals surface area contributed by atoms with E-state index in [0.717, 1.165) is 13.1 Å². The number of anilines is 1. The van der Waals surface area contributed by atoms with Crippen molar-refractivity contribution >= 4 is 5.69 Å². The second kappa shape index (κ2) is 14.3. The summed E-state index contributed by atoms with van der Waals surface area (Å²) in [5, 5.41) is 0. The average Bonchev–Trinajstić information content (AvgIpc) is 2.59. The fraction of sp³-hybridized carbons (Fsp3) is 0.727. The van der Waals surface area contributed by atoms with Crippen molar-refractivity contribution in [2.24, 2.45) is 0 Å². The molecule has 138 valence electrons. The Kier molecular flexibility index (Phi) is 12.6. The monoisotopic (exact) mass is 332 g/mol. The van der Waals surface area contributed by atoms with Crippen LogP contribution in [-0.4, -0.2) is 38.6 Å². The summed E-state index contributed by atoms with van der Waals surface area (Å²) in [5.41, 5.74) is 1.37. The van der Waals surface area contributed by atoms with Gasteiger partial charge in [-0.15, -0.1) is 0 Å². The van der Waals surface area contributed by atoms with Gasteiger partial charge in [0, 0.05) is 25.3 Å². The van der Waals surface area contributed by atoms with Gasteiger partial charge >= 0.3 is 0 Å². The Morgan fingerprint density at radius 2 is 1.17 bits per heavy atom. The number of unbranched alkanes of at least 4 members (excludes halogenated alkanes) is 9. The van der Waals surface area contributed by atoms with E-state index in [1.165, 1.54) is 76.4 Å².